The molecule has 0 aliphatic heterocycles. The molecule has 76 valence electrons. The SMILES string of the molecule is Cc1ncsc1CN(C)C(=O)C1CC1. The molecule has 1 aromatic rings. The molecule has 14 heavy (non-hydrogen) atoms. The number of amides is 1. The molecule has 1 saturated carbocycles. The highest BCUT2D eigenvalue weighted by Gasteiger charge is 2.32. The third kappa shape index (κ3) is 1.95. The van der Waals surface area contributed by atoms with Gasteiger partial charge in [-0.1, -0.05) is 0 Å². The molecule has 0 N–H and O–H groups in total. The zero-order chi connectivity index (χ0) is 10.1. The highest BCUT2D eigenvalue weighted by Crippen LogP contribution is 2.31. The van der Waals surface area contributed by atoms with Gasteiger partial charge in [0.25, 0.3) is 0 Å². The number of hydrogen-bond acceptors (Lipinski definition) is 3. The first-order valence-electron chi connectivity index (χ1n) is 4.82. The quantitative estimate of drug-likeness (QED) is 0.762. The van der Waals surface area contributed by atoms with E-state index in [2.05, 4.69) is 4.98 Å². The number of rotatable bonds is 3. The van der Waals surface area contributed by atoms with Crippen molar-refractivity contribution in [2.75, 3.05) is 7.05 Å². The normalized spacial score (nSPS) is 15.6. The monoisotopic (exact) mass is 210 g/mol. The number of hydrogen-bond donors (Lipinski definition) is 0. The van der Waals surface area contributed by atoms with E-state index in [1.165, 1.54) is 4.88 Å². The molecule has 0 radical (unpaired) electrons. The number of carbonyl (C=O) groups is 1. The second-order valence-corrected chi connectivity index (χ2v) is 4.77. The van der Waals surface area contributed by atoms with Crippen LogP contribution in [0.15, 0.2) is 5.51 Å². The van der Waals surface area contributed by atoms with Gasteiger partial charge in [0, 0.05) is 17.8 Å². The molecule has 4 heteroatoms. The van der Waals surface area contributed by atoms with Crippen LogP contribution in [0.1, 0.15) is 23.4 Å². The summed E-state index contributed by atoms with van der Waals surface area (Å²) >= 11 is 1.62. The summed E-state index contributed by atoms with van der Waals surface area (Å²) in [5, 5.41) is 0. The van der Waals surface area contributed by atoms with Crippen molar-refractivity contribution in [3.05, 3.63) is 16.1 Å². The van der Waals surface area contributed by atoms with E-state index >= 15 is 0 Å². The van der Waals surface area contributed by atoms with Crippen molar-refractivity contribution >= 4 is 17.2 Å². The molecule has 0 saturated heterocycles. The third-order valence-corrected chi connectivity index (χ3v) is 3.45. The Labute approximate surface area is 87.8 Å². The lowest BCUT2D eigenvalue weighted by Gasteiger charge is -2.15. The Hall–Kier alpha value is -0.900. The Morgan fingerprint density at radius 3 is 2.93 bits per heavy atom. The van der Waals surface area contributed by atoms with Gasteiger partial charge in [-0.25, -0.2) is 4.98 Å². The number of aryl methyl sites for hydroxylation is 1. The zero-order valence-corrected chi connectivity index (χ0v) is 9.30. The minimum Gasteiger partial charge on any atom is -0.340 e. The molecule has 2 rings (SSSR count). The number of carbonyl (C=O) groups excluding carboxylic acids is 1. The van der Waals surface area contributed by atoms with E-state index < -0.39 is 0 Å². The summed E-state index contributed by atoms with van der Waals surface area (Å²) in [4.78, 5) is 18.8. The van der Waals surface area contributed by atoms with Gasteiger partial charge < -0.3 is 4.90 Å². The topological polar surface area (TPSA) is 33.2 Å². The first-order valence-corrected chi connectivity index (χ1v) is 5.70. The second-order valence-electron chi connectivity index (χ2n) is 3.83. The van der Waals surface area contributed by atoms with Crippen LogP contribution >= 0.6 is 11.3 Å². The Bertz CT molecular complexity index is 344. The maximum Gasteiger partial charge on any atom is 0.225 e. The third-order valence-electron chi connectivity index (χ3n) is 2.53. The fourth-order valence-corrected chi connectivity index (χ4v) is 2.24. The van der Waals surface area contributed by atoms with E-state index in [9.17, 15) is 4.79 Å². The number of thiazole rings is 1. The van der Waals surface area contributed by atoms with Crippen LogP contribution in [0.5, 0.6) is 0 Å². The van der Waals surface area contributed by atoms with Gasteiger partial charge in [-0.05, 0) is 19.8 Å². The average molecular weight is 210 g/mol. The molecule has 0 bridgehead atoms. The Balaban J connectivity index is 1.96. The fraction of sp³-hybridized carbons (Fsp3) is 0.600. The molecule has 1 amide bonds. The molecular weight excluding hydrogens is 196 g/mol. The molecule has 0 atom stereocenters. The first-order chi connectivity index (χ1) is 6.68. The van der Waals surface area contributed by atoms with E-state index in [0.717, 1.165) is 18.5 Å². The Morgan fingerprint density at radius 1 is 1.71 bits per heavy atom. The molecule has 1 heterocycles. The van der Waals surface area contributed by atoms with Crippen LogP contribution in [0.2, 0.25) is 0 Å². The summed E-state index contributed by atoms with van der Waals surface area (Å²) < 4.78 is 0. The number of nitrogens with zero attached hydrogens (tertiary/aromatic N) is 2. The summed E-state index contributed by atoms with van der Waals surface area (Å²) in [6.45, 7) is 2.70. The largest absolute Gasteiger partial charge is 0.340 e. The standard InChI is InChI=1S/C10H14N2OS/c1-7-9(14-6-11-7)5-12(2)10(13)8-3-4-8/h6,8H,3-5H2,1-2H3. The van der Waals surface area contributed by atoms with Crippen molar-refractivity contribution in [3.63, 3.8) is 0 Å². The van der Waals surface area contributed by atoms with Crippen molar-refractivity contribution in [1.29, 1.82) is 0 Å². The van der Waals surface area contributed by atoms with E-state index in [1.54, 1.807) is 11.3 Å². The van der Waals surface area contributed by atoms with Gasteiger partial charge in [-0.2, -0.15) is 0 Å². The summed E-state index contributed by atoms with van der Waals surface area (Å²) in [5.74, 6) is 0.603. The minimum absolute atomic E-state index is 0.290. The molecule has 1 aliphatic rings. The zero-order valence-electron chi connectivity index (χ0n) is 8.49. The highest BCUT2D eigenvalue weighted by molar-refractivity contribution is 7.09. The van der Waals surface area contributed by atoms with E-state index in [1.807, 2.05) is 24.4 Å². The molecular formula is C10H14N2OS. The minimum atomic E-state index is 0.290. The highest BCUT2D eigenvalue weighted by atomic mass is 32.1. The van der Waals surface area contributed by atoms with Crippen LogP contribution in [-0.2, 0) is 11.3 Å². The summed E-state index contributed by atoms with van der Waals surface area (Å²) in [5.41, 5.74) is 2.88. The van der Waals surface area contributed by atoms with Crippen molar-refractivity contribution in [2.45, 2.75) is 26.3 Å². The van der Waals surface area contributed by atoms with Gasteiger partial charge in [-0.15, -0.1) is 11.3 Å². The number of aromatic nitrogens is 1. The van der Waals surface area contributed by atoms with E-state index in [-0.39, 0.29) is 5.91 Å². The predicted molar refractivity (Wildman–Crippen MR) is 56.0 cm³/mol. The van der Waals surface area contributed by atoms with Crippen LogP contribution in [0.4, 0.5) is 0 Å². The first kappa shape index (κ1) is 9.65. The molecule has 1 aromatic heterocycles. The van der Waals surface area contributed by atoms with Crippen LogP contribution in [0.3, 0.4) is 0 Å². The van der Waals surface area contributed by atoms with Gasteiger partial charge in [-0.3, -0.25) is 4.79 Å². The van der Waals surface area contributed by atoms with E-state index in [0.29, 0.717) is 12.5 Å². The molecule has 1 fully saturated rings. The molecule has 3 nitrogen and oxygen atoms in total. The van der Waals surface area contributed by atoms with Crippen molar-refractivity contribution in [3.8, 4) is 0 Å². The maximum absolute atomic E-state index is 11.7. The van der Waals surface area contributed by atoms with Crippen molar-refractivity contribution < 1.29 is 4.79 Å². The maximum atomic E-state index is 11.7. The molecule has 1 aliphatic carbocycles. The van der Waals surface area contributed by atoms with Crippen molar-refractivity contribution in [2.24, 2.45) is 5.92 Å². The Morgan fingerprint density at radius 2 is 2.43 bits per heavy atom. The van der Waals surface area contributed by atoms with Gasteiger partial charge in [0.1, 0.15) is 0 Å². The lowest BCUT2D eigenvalue weighted by molar-refractivity contribution is -0.131. The fourth-order valence-electron chi connectivity index (χ4n) is 1.41. The van der Waals surface area contributed by atoms with E-state index in [4.69, 9.17) is 0 Å². The molecule has 0 aromatic carbocycles. The predicted octanol–water partition coefficient (Wildman–Crippen LogP) is 1.82. The lowest BCUT2D eigenvalue weighted by atomic mass is 10.3. The summed E-state index contributed by atoms with van der Waals surface area (Å²) in [7, 11) is 1.87. The van der Waals surface area contributed by atoms with Crippen LogP contribution in [0.25, 0.3) is 0 Å². The summed E-state index contributed by atoms with van der Waals surface area (Å²) in [6, 6.07) is 0. The molecule has 0 unspecified atom stereocenters. The van der Waals surface area contributed by atoms with Crippen LogP contribution < -0.4 is 0 Å². The van der Waals surface area contributed by atoms with Gasteiger partial charge in [0.15, 0.2) is 0 Å². The second kappa shape index (κ2) is 3.69. The lowest BCUT2D eigenvalue weighted by Crippen LogP contribution is -2.27. The molecule has 0 spiro atoms. The van der Waals surface area contributed by atoms with Gasteiger partial charge >= 0.3 is 0 Å². The average Bonchev–Trinajstić information content (AvgIpc) is 2.92. The van der Waals surface area contributed by atoms with Gasteiger partial charge in [0.05, 0.1) is 17.7 Å². The smallest absolute Gasteiger partial charge is 0.225 e. The van der Waals surface area contributed by atoms with Crippen LogP contribution in [-0.4, -0.2) is 22.8 Å². The Kier molecular flexibility index (Phi) is 2.54. The van der Waals surface area contributed by atoms with Crippen LogP contribution in [0, 0.1) is 12.8 Å². The summed E-state index contributed by atoms with van der Waals surface area (Å²) in [6.07, 6.45) is 2.15. The van der Waals surface area contributed by atoms with Crippen molar-refractivity contribution in [1.82, 2.24) is 9.88 Å². The van der Waals surface area contributed by atoms with Gasteiger partial charge in [0.2, 0.25) is 5.91 Å².